The Morgan fingerprint density at radius 1 is 1.04 bits per heavy atom. The van der Waals surface area contributed by atoms with Crippen LogP contribution in [-0.4, -0.2) is 4.57 Å². The lowest BCUT2D eigenvalue weighted by atomic mass is 10.1. The Morgan fingerprint density at radius 2 is 1.78 bits per heavy atom. The third kappa shape index (κ3) is 3.03. The second kappa shape index (κ2) is 6.79. The fourth-order valence-electron chi connectivity index (χ4n) is 3.31. The van der Waals surface area contributed by atoms with Crippen molar-refractivity contribution in [3.63, 3.8) is 0 Å². The van der Waals surface area contributed by atoms with Crippen LogP contribution in [0.25, 0.3) is 21.9 Å². The zero-order valence-corrected chi connectivity index (χ0v) is 15.6. The molecule has 0 unspecified atom stereocenters. The van der Waals surface area contributed by atoms with E-state index in [0.29, 0.717) is 13.1 Å². The van der Waals surface area contributed by atoms with E-state index in [1.165, 1.54) is 0 Å². The highest BCUT2D eigenvalue weighted by molar-refractivity contribution is 6.06. The van der Waals surface area contributed by atoms with Crippen molar-refractivity contribution in [2.45, 2.75) is 20.0 Å². The Kier molecular flexibility index (Phi) is 4.32. The van der Waals surface area contributed by atoms with Crippen molar-refractivity contribution in [2.75, 3.05) is 0 Å². The van der Waals surface area contributed by atoms with Gasteiger partial charge in [0.05, 0.1) is 20.6 Å². The van der Waals surface area contributed by atoms with Crippen molar-refractivity contribution in [3.8, 4) is 0 Å². The fourth-order valence-corrected chi connectivity index (χ4v) is 3.31. The molecule has 0 aliphatic carbocycles. The molecule has 0 radical (unpaired) electrons. The van der Waals surface area contributed by atoms with E-state index < -0.39 is 0 Å². The maximum absolute atomic E-state index is 12.1. The van der Waals surface area contributed by atoms with Crippen LogP contribution in [0, 0.1) is 6.92 Å². The lowest BCUT2D eigenvalue weighted by molar-refractivity contribution is -0.698. The van der Waals surface area contributed by atoms with E-state index in [2.05, 4.69) is 16.3 Å². The average molecular weight is 361 g/mol. The summed E-state index contributed by atoms with van der Waals surface area (Å²) >= 11 is 0. The molecule has 2 aromatic heterocycles. The van der Waals surface area contributed by atoms with Gasteiger partial charge in [-0.15, -0.1) is 0 Å². The monoisotopic (exact) mass is 361 g/mol. The smallest absolute Gasteiger partial charge is 0.456 e. The van der Waals surface area contributed by atoms with E-state index in [4.69, 9.17) is 4.42 Å². The van der Waals surface area contributed by atoms with Gasteiger partial charge >= 0.3 is 5.69 Å². The summed E-state index contributed by atoms with van der Waals surface area (Å²) in [6.45, 7) is 2.75. The first kappa shape index (κ1) is 17.1. The molecular formula is C21H21N4O2+. The molecule has 0 amide bonds. The molecule has 0 atom stereocenters. The Bertz CT molecular complexity index is 1230. The number of hydrogen-bond acceptors (Lipinski definition) is 4. The minimum absolute atomic E-state index is 0.0603. The van der Waals surface area contributed by atoms with Gasteiger partial charge in [0.1, 0.15) is 29.1 Å². The van der Waals surface area contributed by atoms with E-state index in [-0.39, 0.29) is 5.69 Å². The molecule has 0 fully saturated rings. The number of furan rings is 1. The van der Waals surface area contributed by atoms with Crippen LogP contribution in [0.3, 0.4) is 0 Å². The summed E-state index contributed by atoms with van der Waals surface area (Å²) in [6.07, 6.45) is 0. The maximum Gasteiger partial charge on any atom is 0.497 e. The van der Waals surface area contributed by atoms with Crippen LogP contribution in [0.15, 0.2) is 68.0 Å². The van der Waals surface area contributed by atoms with Crippen LogP contribution in [0.4, 0.5) is 0 Å². The standard InChI is InChI=1S/C21H21N4O2/c1-14-11-16(25(3)21(26)24(14)2)13-23-22-12-15-7-6-10-19-20(15)17-8-4-5-9-18(17)27-19/h4-11H,12-13H2,1-3H3/q+1. The van der Waals surface area contributed by atoms with Gasteiger partial charge in [-0.1, -0.05) is 30.3 Å². The van der Waals surface area contributed by atoms with E-state index in [1.54, 1.807) is 23.2 Å². The highest BCUT2D eigenvalue weighted by atomic mass is 16.3. The predicted octanol–water partition coefficient (Wildman–Crippen LogP) is 3.57. The van der Waals surface area contributed by atoms with Crippen LogP contribution < -0.4 is 10.3 Å². The summed E-state index contributed by atoms with van der Waals surface area (Å²) < 4.78 is 9.13. The molecule has 0 aliphatic rings. The quantitative estimate of drug-likeness (QED) is 0.412. The van der Waals surface area contributed by atoms with Gasteiger partial charge < -0.3 is 4.42 Å². The maximum atomic E-state index is 12.1. The average Bonchev–Trinajstić information content (AvgIpc) is 3.06. The van der Waals surface area contributed by atoms with Gasteiger partial charge in [-0.2, -0.15) is 24.2 Å². The molecule has 0 aliphatic heterocycles. The minimum atomic E-state index is -0.0603. The lowest BCUT2D eigenvalue weighted by Gasteiger charge is -2.03. The number of para-hydroxylation sites is 1. The molecule has 6 heteroatoms. The SMILES string of the molecule is Cc1cc(CN=NCc2cccc3oc4ccccc4c23)[n+](C)c(=O)n1C. The minimum Gasteiger partial charge on any atom is -0.456 e. The number of nitrogens with zero attached hydrogens (tertiary/aromatic N) is 4. The zero-order valence-electron chi connectivity index (χ0n) is 15.6. The molecule has 136 valence electrons. The Labute approximate surface area is 156 Å². The van der Waals surface area contributed by atoms with Crippen LogP contribution in [0.5, 0.6) is 0 Å². The number of rotatable bonds is 4. The molecule has 4 aromatic rings. The van der Waals surface area contributed by atoms with Crippen LogP contribution in [-0.2, 0) is 27.2 Å². The van der Waals surface area contributed by atoms with E-state index in [1.807, 2.05) is 49.4 Å². The van der Waals surface area contributed by atoms with Crippen LogP contribution in [0.2, 0.25) is 0 Å². The first-order valence-corrected chi connectivity index (χ1v) is 8.84. The third-order valence-electron chi connectivity index (χ3n) is 4.97. The second-order valence-electron chi connectivity index (χ2n) is 6.67. The van der Waals surface area contributed by atoms with E-state index >= 15 is 0 Å². The van der Waals surface area contributed by atoms with Crippen molar-refractivity contribution >= 4 is 21.9 Å². The first-order valence-electron chi connectivity index (χ1n) is 8.84. The van der Waals surface area contributed by atoms with Crippen molar-refractivity contribution in [2.24, 2.45) is 24.3 Å². The molecule has 6 nitrogen and oxygen atoms in total. The van der Waals surface area contributed by atoms with Crippen molar-refractivity contribution in [1.82, 2.24) is 4.57 Å². The topological polar surface area (TPSA) is 63.7 Å². The Hall–Kier alpha value is -3.28. The van der Waals surface area contributed by atoms with Crippen LogP contribution >= 0.6 is 0 Å². The van der Waals surface area contributed by atoms with Gasteiger partial charge in [0.15, 0.2) is 0 Å². The van der Waals surface area contributed by atoms with Crippen molar-refractivity contribution < 1.29 is 8.98 Å². The van der Waals surface area contributed by atoms with Gasteiger partial charge in [0.2, 0.25) is 0 Å². The number of azo groups is 1. The summed E-state index contributed by atoms with van der Waals surface area (Å²) in [6, 6.07) is 16.0. The van der Waals surface area contributed by atoms with Crippen molar-refractivity contribution in [3.05, 3.63) is 76.0 Å². The first-order chi connectivity index (χ1) is 13.1. The van der Waals surface area contributed by atoms with E-state index in [9.17, 15) is 4.79 Å². The van der Waals surface area contributed by atoms with Gasteiger partial charge in [-0.05, 0) is 24.6 Å². The molecule has 0 saturated heterocycles. The summed E-state index contributed by atoms with van der Waals surface area (Å²) in [5, 5.41) is 10.8. The van der Waals surface area contributed by atoms with E-state index in [0.717, 1.165) is 38.9 Å². The molecule has 0 bridgehead atoms. The number of aromatic nitrogens is 2. The number of hydrogen-bond donors (Lipinski definition) is 0. The molecule has 2 aromatic carbocycles. The number of aryl methyl sites for hydroxylation is 1. The molecule has 0 saturated carbocycles. The lowest BCUT2D eigenvalue weighted by Crippen LogP contribution is -2.54. The Morgan fingerprint density at radius 3 is 2.63 bits per heavy atom. The third-order valence-corrected chi connectivity index (χ3v) is 4.97. The highest BCUT2D eigenvalue weighted by Crippen LogP contribution is 2.31. The van der Waals surface area contributed by atoms with Gasteiger partial charge in [0, 0.05) is 16.8 Å². The summed E-state index contributed by atoms with van der Waals surface area (Å²) in [7, 11) is 3.52. The normalized spacial score (nSPS) is 11.8. The Balaban J connectivity index is 1.60. The van der Waals surface area contributed by atoms with Gasteiger partial charge in [0.25, 0.3) is 0 Å². The van der Waals surface area contributed by atoms with Gasteiger partial charge in [-0.25, -0.2) is 0 Å². The van der Waals surface area contributed by atoms with Crippen molar-refractivity contribution in [1.29, 1.82) is 0 Å². The number of benzene rings is 2. The molecule has 4 rings (SSSR count). The summed E-state index contributed by atoms with van der Waals surface area (Å²) in [5.74, 6) is 0. The zero-order chi connectivity index (χ0) is 19.0. The second-order valence-corrected chi connectivity index (χ2v) is 6.67. The predicted molar refractivity (Wildman–Crippen MR) is 104 cm³/mol. The largest absolute Gasteiger partial charge is 0.497 e. The molecule has 0 N–H and O–H groups in total. The summed E-state index contributed by atoms with van der Waals surface area (Å²) in [4.78, 5) is 12.1. The molecule has 2 heterocycles. The van der Waals surface area contributed by atoms with Crippen LogP contribution in [0.1, 0.15) is 17.0 Å². The molecule has 27 heavy (non-hydrogen) atoms. The highest BCUT2D eigenvalue weighted by Gasteiger charge is 2.13. The number of fused-ring (bicyclic) bond motifs is 3. The molecular weight excluding hydrogens is 340 g/mol. The van der Waals surface area contributed by atoms with Gasteiger partial charge in [-0.3, -0.25) is 0 Å². The fraction of sp³-hybridized carbons (Fsp3) is 0.238. The summed E-state index contributed by atoms with van der Waals surface area (Å²) in [5.41, 5.74) is 4.49. The molecule has 0 spiro atoms.